The molecule has 2 heterocycles. The van der Waals surface area contributed by atoms with Gasteiger partial charge in [-0.2, -0.15) is 0 Å². The second-order valence-electron chi connectivity index (χ2n) is 6.32. The average molecular weight is 424 g/mol. The Labute approximate surface area is 192 Å². The Bertz CT molecular complexity index is 1160. The van der Waals surface area contributed by atoms with Crippen LogP contribution in [0.2, 0.25) is 5.02 Å². The van der Waals surface area contributed by atoms with Crippen molar-refractivity contribution >= 4 is 57.9 Å². The average Bonchev–Trinajstić information content (AvgIpc) is 3.34. The largest absolute Gasteiger partial charge is 0.478 e. The molecule has 0 bridgehead atoms. The van der Waals surface area contributed by atoms with E-state index in [0.717, 1.165) is 0 Å². The van der Waals surface area contributed by atoms with Crippen molar-refractivity contribution in [3.63, 3.8) is 0 Å². The van der Waals surface area contributed by atoms with E-state index in [1.807, 2.05) is 0 Å². The number of hydrogen-bond acceptors (Lipinski definition) is 6. The van der Waals surface area contributed by atoms with Gasteiger partial charge in [-0.25, -0.2) is 4.79 Å². The molecular weight excluding hydrogens is 411 g/mol. The van der Waals surface area contributed by atoms with E-state index in [2.05, 4.69) is 0 Å². The number of aliphatic hydroxyl groups is 1. The fraction of sp³-hybridized carbons (Fsp3) is 0.150. The second kappa shape index (κ2) is 7.59. The summed E-state index contributed by atoms with van der Waals surface area (Å²) in [7, 11) is 0. The molecule has 0 unspecified atom stereocenters. The number of carboxylic acids is 1. The zero-order valence-corrected chi connectivity index (χ0v) is 18.1. The molecule has 9 heteroatoms. The molecule has 1 radical (unpaired) electrons. The third-order valence-corrected chi connectivity index (χ3v) is 5.18. The number of ether oxygens (including phenoxy) is 4. The van der Waals surface area contributed by atoms with Crippen molar-refractivity contribution in [2.45, 2.75) is 6.61 Å². The van der Waals surface area contributed by atoms with Crippen LogP contribution in [0, 0.1) is 0 Å². The Morgan fingerprint density at radius 2 is 1.72 bits per heavy atom. The zero-order valence-electron chi connectivity index (χ0n) is 15.3. The maximum Gasteiger partial charge on any atom is 0.336 e. The smallest absolute Gasteiger partial charge is 0.336 e. The summed E-state index contributed by atoms with van der Waals surface area (Å²) in [5.41, 5.74) is 1.35. The topological polar surface area (TPSA) is 94.5 Å². The van der Waals surface area contributed by atoms with E-state index >= 15 is 0 Å². The van der Waals surface area contributed by atoms with Crippen molar-refractivity contribution in [2.24, 2.45) is 0 Å². The van der Waals surface area contributed by atoms with Gasteiger partial charge in [0.25, 0.3) is 0 Å². The van der Waals surface area contributed by atoms with Crippen LogP contribution in [0.4, 0.5) is 0 Å². The molecule has 0 spiro atoms. The van der Waals surface area contributed by atoms with Gasteiger partial charge in [-0.1, -0.05) is 17.7 Å². The molecular formula is C20H13ClNaO7. The first-order valence-electron chi connectivity index (χ1n) is 8.40. The maximum atomic E-state index is 11.9. The minimum absolute atomic E-state index is 0. The summed E-state index contributed by atoms with van der Waals surface area (Å²) in [6.45, 7) is -0.344. The van der Waals surface area contributed by atoms with E-state index in [0.29, 0.717) is 49.9 Å². The first-order valence-corrected chi connectivity index (χ1v) is 8.78. The summed E-state index contributed by atoms with van der Waals surface area (Å²) in [6, 6.07) is 8.30. The third kappa shape index (κ3) is 3.10. The van der Waals surface area contributed by atoms with Gasteiger partial charge in [0.15, 0.2) is 23.0 Å². The molecule has 2 aliphatic rings. The van der Waals surface area contributed by atoms with Gasteiger partial charge in [-0.15, -0.1) is 0 Å². The monoisotopic (exact) mass is 423 g/mol. The molecule has 2 N–H and O–H groups in total. The number of hydrogen-bond donors (Lipinski definition) is 2. The molecule has 0 saturated heterocycles. The SMILES string of the molecule is O=C(O)c1cc2c(Cl)cc3c(c2c(-c2ccc4c(c2)OCO4)c1CO)OCO3.[Na]. The zero-order chi connectivity index (χ0) is 19.4. The second-order valence-corrected chi connectivity index (χ2v) is 6.73. The van der Waals surface area contributed by atoms with Gasteiger partial charge in [0, 0.05) is 52.0 Å². The van der Waals surface area contributed by atoms with Crippen LogP contribution < -0.4 is 18.9 Å². The minimum Gasteiger partial charge on any atom is -0.478 e. The molecule has 0 aliphatic carbocycles. The predicted molar refractivity (Wildman–Crippen MR) is 105 cm³/mol. The van der Waals surface area contributed by atoms with Gasteiger partial charge in [0.1, 0.15) is 0 Å². The number of aromatic carboxylic acids is 1. The summed E-state index contributed by atoms with van der Waals surface area (Å²) in [6.07, 6.45) is 0. The van der Waals surface area contributed by atoms with Crippen LogP contribution in [0.3, 0.4) is 0 Å². The van der Waals surface area contributed by atoms with E-state index in [9.17, 15) is 15.0 Å². The van der Waals surface area contributed by atoms with Crippen molar-refractivity contribution in [3.8, 4) is 34.1 Å². The molecule has 5 rings (SSSR count). The van der Waals surface area contributed by atoms with Crippen molar-refractivity contribution in [1.29, 1.82) is 0 Å². The molecule has 0 atom stereocenters. The van der Waals surface area contributed by atoms with Gasteiger partial charge >= 0.3 is 5.97 Å². The number of carbonyl (C=O) groups is 1. The molecule has 7 nitrogen and oxygen atoms in total. The van der Waals surface area contributed by atoms with Gasteiger partial charge < -0.3 is 29.2 Å². The number of rotatable bonds is 3. The number of carboxylic acid groups (broad SMARTS) is 1. The van der Waals surface area contributed by atoms with Crippen molar-refractivity contribution in [1.82, 2.24) is 0 Å². The Morgan fingerprint density at radius 1 is 1.00 bits per heavy atom. The molecule has 29 heavy (non-hydrogen) atoms. The van der Waals surface area contributed by atoms with Crippen molar-refractivity contribution in [2.75, 3.05) is 13.6 Å². The fourth-order valence-electron chi connectivity index (χ4n) is 3.66. The van der Waals surface area contributed by atoms with Crippen LogP contribution in [-0.2, 0) is 6.61 Å². The molecule has 0 aromatic heterocycles. The summed E-state index contributed by atoms with van der Waals surface area (Å²) < 4.78 is 21.9. The first-order chi connectivity index (χ1) is 13.6. The summed E-state index contributed by atoms with van der Waals surface area (Å²) in [5.74, 6) is 0.883. The first kappa shape index (κ1) is 20.1. The molecule has 143 valence electrons. The molecule has 0 saturated carbocycles. The molecule has 2 aliphatic heterocycles. The Morgan fingerprint density at radius 3 is 2.48 bits per heavy atom. The third-order valence-electron chi connectivity index (χ3n) is 4.87. The van der Waals surface area contributed by atoms with Crippen molar-refractivity contribution < 1.29 is 34.0 Å². The van der Waals surface area contributed by atoms with E-state index in [1.165, 1.54) is 6.07 Å². The standard InChI is InChI=1S/C20H13ClO7.Na/c21-13-5-16-19(28-8-27-16)18-11(13)4-10(20(23)24)12(6-22)17(18)9-1-2-14-15(3-9)26-7-25-14;/h1-5,22H,6-8H2,(H,23,24);. The van der Waals surface area contributed by atoms with Crippen LogP contribution >= 0.6 is 11.6 Å². The van der Waals surface area contributed by atoms with Crippen LogP contribution in [0.5, 0.6) is 23.0 Å². The van der Waals surface area contributed by atoms with Crippen LogP contribution in [0.1, 0.15) is 15.9 Å². The van der Waals surface area contributed by atoms with Gasteiger partial charge in [0.05, 0.1) is 17.2 Å². The summed E-state index contributed by atoms with van der Waals surface area (Å²) in [5, 5.41) is 21.2. The normalized spacial score (nSPS) is 13.4. The van der Waals surface area contributed by atoms with Crippen LogP contribution in [-0.4, -0.2) is 59.3 Å². The molecule has 3 aromatic carbocycles. The number of halogens is 1. The Kier molecular flexibility index (Phi) is 5.27. The quantitative estimate of drug-likeness (QED) is 0.623. The fourth-order valence-corrected chi connectivity index (χ4v) is 3.91. The number of benzene rings is 3. The van der Waals surface area contributed by atoms with E-state index in [1.54, 1.807) is 24.3 Å². The van der Waals surface area contributed by atoms with Crippen LogP contribution in [0.15, 0.2) is 30.3 Å². The summed E-state index contributed by atoms with van der Waals surface area (Å²) in [4.78, 5) is 11.9. The van der Waals surface area contributed by atoms with Crippen LogP contribution in [0.25, 0.3) is 21.9 Å². The molecule has 3 aromatic rings. The van der Waals surface area contributed by atoms with Gasteiger partial charge in [-0.05, 0) is 29.3 Å². The van der Waals surface area contributed by atoms with E-state index < -0.39 is 12.6 Å². The Balaban J connectivity index is 0.00000205. The number of aliphatic hydroxyl groups excluding tert-OH is 1. The number of fused-ring (bicyclic) bond motifs is 4. The van der Waals surface area contributed by atoms with E-state index in [-0.39, 0.29) is 54.3 Å². The van der Waals surface area contributed by atoms with Gasteiger partial charge in [0.2, 0.25) is 13.6 Å². The van der Waals surface area contributed by atoms with E-state index in [4.69, 9.17) is 30.5 Å². The van der Waals surface area contributed by atoms with Gasteiger partial charge in [-0.3, -0.25) is 0 Å². The predicted octanol–water partition coefficient (Wildman–Crippen LogP) is 3.43. The minimum atomic E-state index is -1.17. The van der Waals surface area contributed by atoms with Crippen molar-refractivity contribution in [3.05, 3.63) is 46.5 Å². The Hall–Kier alpha value is -2.16. The molecule has 0 amide bonds. The maximum absolute atomic E-state index is 11.9. The molecule has 0 fully saturated rings. The summed E-state index contributed by atoms with van der Waals surface area (Å²) >= 11 is 6.43.